The summed E-state index contributed by atoms with van der Waals surface area (Å²) in [5, 5.41) is 6.46. The summed E-state index contributed by atoms with van der Waals surface area (Å²) in [7, 11) is 0. The SMILES string of the molecule is CSc1nc(C)c(CCC(=O)Nc2ccc(NC(=O)C(C)C)cc2)c(C)n1. The summed E-state index contributed by atoms with van der Waals surface area (Å²) < 4.78 is 0. The normalized spacial score (nSPS) is 10.7. The number of aryl methyl sites for hydroxylation is 2. The number of nitrogens with one attached hydrogen (secondary N) is 2. The van der Waals surface area contributed by atoms with Gasteiger partial charge in [0.25, 0.3) is 0 Å². The molecule has 0 radical (unpaired) electrons. The van der Waals surface area contributed by atoms with Gasteiger partial charge in [0.15, 0.2) is 5.16 Å². The van der Waals surface area contributed by atoms with E-state index in [2.05, 4.69) is 20.6 Å². The Balaban J connectivity index is 1.92. The molecular weight excluding hydrogens is 360 g/mol. The fraction of sp³-hybridized carbons (Fsp3) is 0.400. The van der Waals surface area contributed by atoms with Crippen molar-refractivity contribution in [2.45, 2.75) is 45.7 Å². The lowest BCUT2D eigenvalue weighted by molar-refractivity contribution is -0.119. The van der Waals surface area contributed by atoms with Gasteiger partial charge in [-0.15, -0.1) is 0 Å². The number of carbonyl (C=O) groups excluding carboxylic acids is 2. The number of benzene rings is 1. The van der Waals surface area contributed by atoms with Gasteiger partial charge < -0.3 is 10.6 Å². The number of hydrogen-bond donors (Lipinski definition) is 2. The van der Waals surface area contributed by atoms with Crippen molar-refractivity contribution in [3.05, 3.63) is 41.2 Å². The monoisotopic (exact) mass is 386 g/mol. The fourth-order valence-corrected chi connectivity index (χ4v) is 3.00. The Hall–Kier alpha value is -2.41. The van der Waals surface area contributed by atoms with Crippen LogP contribution < -0.4 is 10.6 Å². The maximum absolute atomic E-state index is 12.3. The minimum Gasteiger partial charge on any atom is -0.326 e. The molecule has 0 bridgehead atoms. The molecule has 2 N–H and O–H groups in total. The van der Waals surface area contributed by atoms with E-state index in [1.165, 1.54) is 11.8 Å². The molecule has 144 valence electrons. The molecule has 0 aliphatic carbocycles. The highest BCUT2D eigenvalue weighted by Gasteiger charge is 2.11. The zero-order valence-corrected chi connectivity index (χ0v) is 17.2. The first-order chi connectivity index (χ1) is 12.8. The second-order valence-corrected chi connectivity index (χ2v) is 7.40. The summed E-state index contributed by atoms with van der Waals surface area (Å²) >= 11 is 1.51. The average molecular weight is 387 g/mol. The zero-order chi connectivity index (χ0) is 20.0. The van der Waals surface area contributed by atoms with Crippen LogP contribution in [0.1, 0.15) is 37.2 Å². The van der Waals surface area contributed by atoms with Crippen LogP contribution >= 0.6 is 11.8 Å². The van der Waals surface area contributed by atoms with Gasteiger partial charge in [-0.05, 0) is 56.4 Å². The van der Waals surface area contributed by atoms with Gasteiger partial charge in [0, 0.05) is 35.1 Å². The van der Waals surface area contributed by atoms with Crippen molar-refractivity contribution in [2.75, 3.05) is 16.9 Å². The van der Waals surface area contributed by atoms with Gasteiger partial charge in [-0.3, -0.25) is 9.59 Å². The van der Waals surface area contributed by atoms with Crippen molar-refractivity contribution >= 4 is 35.0 Å². The van der Waals surface area contributed by atoms with Gasteiger partial charge >= 0.3 is 0 Å². The second-order valence-electron chi connectivity index (χ2n) is 6.63. The number of thioether (sulfide) groups is 1. The number of rotatable bonds is 7. The Morgan fingerprint density at radius 1 is 1.00 bits per heavy atom. The predicted molar refractivity (Wildman–Crippen MR) is 110 cm³/mol. The zero-order valence-electron chi connectivity index (χ0n) is 16.4. The topological polar surface area (TPSA) is 84.0 Å². The van der Waals surface area contributed by atoms with Crippen LogP contribution in [-0.2, 0) is 16.0 Å². The third-order valence-electron chi connectivity index (χ3n) is 4.15. The predicted octanol–water partition coefficient (Wildman–Crippen LogP) is 3.98. The Morgan fingerprint density at radius 3 is 2.00 bits per heavy atom. The molecule has 7 heteroatoms. The van der Waals surface area contributed by atoms with E-state index in [0.717, 1.165) is 22.1 Å². The third-order valence-corrected chi connectivity index (χ3v) is 4.69. The summed E-state index contributed by atoms with van der Waals surface area (Å²) in [4.78, 5) is 32.8. The molecule has 27 heavy (non-hydrogen) atoms. The first kappa shape index (κ1) is 20.9. The van der Waals surface area contributed by atoms with E-state index in [-0.39, 0.29) is 17.7 Å². The van der Waals surface area contributed by atoms with Gasteiger partial charge in [-0.25, -0.2) is 9.97 Å². The molecule has 1 heterocycles. The summed E-state index contributed by atoms with van der Waals surface area (Å²) in [6, 6.07) is 7.11. The summed E-state index contributed by atoms with van der Waals surface area (Å²) in [5.74, 6) is -0.181. The molecule has 2 aromatic rings. The lowest BCUT2D eigenvalue weighted by atomic mass is 10.1. The molecule has 0 aliphatic rings. The van der Waals surface area contributed by atoms with Crippen LogP contribution in [0, 0.1) is 19.8 Å². The summed E-state index contributed by atoms with van der Waals surface area (Å²) in [5.41, 5.74) is 4.28. The third kappa shape index (κ3) is 6.06. The van der Waals surface area contributed by atoms with Crippen LogP contribution in [0.3, 0.4) is 0 Å². The van der Waals surface area contributed by atoms with Gasteiger partial charge in [0.1, 0.15) is 0 Å². The molecule has 0 unspecified atom stereocenters. The van der Waals surface area contributed by atoms with Crippen LogP contribution in [0.5, 0.6) is 0 Å². The van der Waals surface area contributed by atoms with Crippen molar-refractivity contribution in [1.29, 1.82) is 0 Å². The summed E-state index contributed by atoms with van der Waals surface area (Å²) in [6.07, 6.45) is 2.90. The molecule has 6 nitrogen and oxygen atoms in total. The van der Waals surface area contributed by atoms with Crippen LogP contribution in [0.2, 0.25) is 0 Å². The van der Waals surface area contributed by atoms with E-state index in [4.69, 9.17) is 0 Å². The largest absolute Gasteiger partial charge is 0.326 e. The number of nitrogens with zero attached hydrogens (tertiary/aromatic N) is 2. The second kappa shape index (κ2) is 9.50. The van der Waals surface area contributed by atoms with Crippen LogP contribution in [0.4, 0.5) is 11.4 Å². The minimum absolute atomic E-state index is 0.0350. The van der Waals surface area contributed by atoms with Crippen molar-refractivity contribution in [1.82, 2.24) is 9.97 Å². The highest BCUT2D eigenvalue weighted by molar-refractivity contribution is 7.98. The lowest BCUT2D eigenvalue weighted by Gasteiger charge is -2.11. The maximum atomic E-state index is 12.3. The molecule has 0 atom stereocenters. The number of hydrogen-bond acceptors (Lipinski definition) is 5. The molecule has 2 amide bonds. The van der Waals surface area contributed by atoms with E-state index in [9.17, 15) is 9.59 Å². The molecule has 0 saturated heterocycles. The Bertz CT molecular complexity index is 796. The van der Waals surface area contributed by atoms with Crippen molar-refractivity contribution in [3.8, 4) is 0 Å². The molecule has 0 fully saturated rings. The van der Waals surface area contributed by atoms with Gasteiger partial charge in [0.05, 0.1) is 0 Å². The number of anilines is 2. The minimum atomic E-state index is -0.0785. The first-order valence-corrected chi connectivity index (χ1v) is 10.1. The van der Waals surface area contributed by atoms with E-state index in [0.29, 0.717) is 24.2 Å². The van der Waals surface area contributed by atoms with E-state index < -0.39 is 0 Å². The Kier molecular flexibility index (Phi) is 7.36. The highest BCUT2D eigenvalue weighted by Crippen LogP contribution is 2.18. The van der Waals surface area contributed by atoms with Crippen LogP contribution in [0.25, 0.3) is 0 Å². The fourth-order valence-electron chi connectivity index (χ4n) is 2.55. The van der Waals surface area contributed by atoms with Crippen LogP contribution in [-0.4, -0.2) is 28.0 Å². The first-order valence-electron chi connectivity index (χ1n) is 8.89. The molecule has 2 rings (SSSR count). The van der Waals surface area contributed by atoms with Crippen LogP contribution in [0.15, 0.2) is 29.4 Å². The number of carbonyl (C=O) groups is 2. The molecular formula is C20H26N4O2S. The smallest absolute Gasteiger partial charge is 0.226 e. The quantitative estimate of drug-likeness (QED) is 0.555. The highest BCUT2D eigenvalue weighted by atomic mass is 32.2. The summed E-state index contributed by atoms with van der Waals surface area (Å²) in [6.45, 7) is 7.58. The standard InChI is InChI=1S/C20H26N4O2S/c1-12(2)19(26)24-16-8-6-15(7-9-16)23-18(25)11-10-17-13(3)21-20(27-5)22-14(17)4/h6-9,12H,10-11H2,1-5H3,(H,23,25)(H,24,26). The van der Waals surface area contributed by atoms with Crippen molar-refractivity contribution < 1.29 is 9.59 Å². The van der Waals surface area contributed by atoms with Gasteiger partial charge in [-0.2, -0.15) is 0 Å². The van der Waals surface area contributed by atoms with Crippen molar-refractivity contribution in [3.63, 3.8) is 0 Å². The van der Waals surface area contributed by atoms with E-state index in [1.807, 2.05) is 34.0 Å². The Labute approximate surface area is 164 Å². The maximum Gasteiger partial charge on any atom is 0.226 e. The Morgan fingerprint density at radius 2 is 1.52 bits per heavy atom. The van der Waals surface area contributed by atoms with E-state index >= 15 is 0 Å². The average Bonchev–Trinajstić information content (AvgIpc) is 2.62. The molecule has 0 saturated carbocycles. The van der Waals surface area contributed by atoms with E-state index in [1.54, 1.807) is 24.3 Å². The van der Waals surface area contributed by atoms with Crippen molar-refractivity contribution in [2.24, 2.45) is 5.92 Å². The molecule has 1 aromatic heterocycles. The lowest BCUT2D eigenvalue weighted by Crippen LogP contribution is -2.17. The molecule has 0 aliphatic heterocycles. The number of amides is 2. The van der Waals surface area contributed by atoms with Gasteiger partial charge in [0.2, 0.25) is 11.8 Å². The molecule has 0 spiro atoms. The molecule has 1 aromatic carbocycles. The number of aromatic nitrogens is 2. The van der Waals surface area contributed by atoms with Gasteiger partial charge in [-0.1, -0.05) is 25.6 Å².